The van der Waals surface area contributed by atoms with Crippen molar-refractivity contribution in [3.05, 3.63) is 64.8 Å². The molecule has 2 aromatic carbocycles. The van der Waals surface area contributed by atoms with E-state index in [2.05, 4.69) is 27.2 Å². The summed E-state index contributed by atoms with van der Waals surface area (Å²) >= 11 is 1.29. The van der Waals surface area contributed by atoms with Gasteiger partial charge in [0.15, 0.2) is 0 Å². The topological polar surface area (TPSA) is 65.8 Å². The van der Waals surface area contributed by atoms with Crippen LogP contribution in [0.1, 0.15) is 60.4 Å². The van der Waals surface area contributed by atoms with Gasteiger partial charge in [-0.3, -0.25) is 4.68 Å². The van der Waals surface area contributed by atoms with Crippen LogP contribution in [0.3, 0.4) is 0 Å². The summed E-state index contributed by atoms with van der Waals surface area (Å²) in [5, 5.41) is 19.6. The lowest BCUT2D eigenvalue weighted by molar-refractivity contribution is -0.139. The first kappa shape index (κ1) is 33.3. The Balaban J connectivity index is 1.14. The SMILES string of the molecule is COc1ccccc1C1CCN(C[C@H](O)Cn2nc(-c3ccc(C(F)(F)F)c(SCCN4CCCCC4)c3)c3c2CCNC3)CC1. The van der Waals surface area contributed by atoms with E-state index in [1.165, 1.54) is 29.8 Å². The van der Waals surface area contributed by atoms with Crippen molar-refractivity contribution in [1.82, 2.24) is 24.9 Å². The van der Waals surface area contributed by atoms with Crippen LogP contribution in [0.4, 0.5) is 13.2 Å². The van der Waals surface area contributed by atoms with Gasteiger partial charge in [-0.1, -0.05) is 30.7 Å². The Labute approximate surface area is 274 Å². The number of hydrogen-bond donors (Lipinski definition) is 2. The summed E-state index contributed by atoms with van der Waals surface area (Å²) in [6.07, 6.45) is 1.30. The smallest absolute Gasteiger partial charge is 0.417 e. The third-order valence-electron chi connectivity index (χ3n) is 9.70. The van der Waals surface area contributed by atoms with E-state index >= 15 is 0 Å². The summed E-state index contributed by atoms with van der Waals surface area (Å²) in [6, 6.07) is 12.7. The van der Waals surface area contributed by atoms with Crippen LogP contribution in [-0.2, 0) is 25.7 Å². The molecular formula is C35H46F3N5O2S. The number of thioether (sulfide) groups is 1. The minimum absolute atomic E-state index is 0.255. The minimum Gasteiger partial charge on any atom is -0.496 e. The minimum atomic E-state index is -4.42. The molecule has 46 heavy (non-hydrogen) atoms. The molecule has 3 aliphatic heterocycles. The largest absolute Gasteiger partial charge is 0.496 e. The number of rotatable bonds is 11. The maximum Gasteiger partial charge on any atom is 0.417 e. The predicted octanol–water partition coefficient (Wildman–Crippen LogP) is 6.04. The van der Waals surface area contributed by atoms with Gasteiger partial charge in [-0.15, -0.1) is 11.8 Å². The van der Waals surface area contributed by atoms with Crippen LogP contribution in [0, 0.1) is 0 Å². The molecule has 7 nitrogen and oxygen atoms in total. The Bertz CT molecular complexity index is 1450. The van der Waals surface area contributed by atoms with Crippen LogP contribution in [0.25, 0.3) is 11.3 Å². The van der Waals surface area contributed by atoms with Crippen LogP contribution in [-0.4, -0.2) is 89.5 Å². The molecule has 6 rings (SSSR count). The Morgan fingerprint density at radius 2 is 1.80 bits per heavy atom. The molecule has 11 heteroatoms. The molecule has 0 saturated carbocycles. The van der Waals surface area contributed by atoms with E-state index < -0.39 is 17.8 Å². The first-order valence-corrected chi connectivity index (χ1v) is 17.7. The van der Waals surface area contributed by atoms with Crippen molar-refractivity contribution in [1.29, 1.82) is 0 Å². The molecular weight excluding hydrogens is 611 g/mol. The Kier molecular flexibility index (Phi) is 10.9. The van der Waals surface area contributed by atoms with Crippen molar-refractivity contribution in [2.45, 2.75) is 74.7 Å². The van der Waals surface area contributed by atoms with Gasteiger partial charge in [0.25, 0.3) is 0 Å². The number of piperidine rings is 2. The number of aliphatic hydroxyl groups excluding tert-OH is 1. The van der Waals surface area contributed by atoms with Crippen molar-refractivity contribution in [3.8, 4) is 17.0 Å². The maximum atomic E-state index is 14.0. The van der Waals surface area contributed by atoms with E-state index in [4.69, 9.17) is 9.84 Å². The van der Waals surface area contributed by atoms with Crippen molar-refractivity contribution in [2.24, 2.45) is 0 Å². The summed E-state index contributed by atoms with van der Waals surface area (Å²) in [5.74, 6) is 1.99. The fourth-order valence-corrected chi connectivity index (χ4v) is 8.40. The Morgan fingerprint density at radius 3 is 2.57 bits per heavy atom. The summed E-state index contributed by atoms with van der Waals surface area (Å²) < 4.78 is 49.6. The van der Waals surface area contributed by atoms with Crippen LogP contribution < -0.4 is 10.1 Å². The number of nitrogens with one attached hydrogen (secondary N) is 1. The molecule has 3 aromatic rings. The zero-order valence-electron chi connectivity index (χ0n) is 26.7. The van der Waals surface area contributed by atoms with Gasteiger partial charge in [-0.25, -0.2) is 0 Å². The highest BCUT2D eigenvalue weighted by atomic mass is 32.2. The first-order valence-electron chi connectivity index (χ1n) is 16.7. The van der Waals surface area contributed by atoms with Gasteiger partial charge in [-0.2, -0.15) is 18.3 Å². The van der Waals surface area contributed by atoms with Crippen LogP contribution in [0.15, 0.2) is 47.4 Å². The number of benzene rings is 2. The van der Waals surface area contributed by atoms with E-state index in [1.54, 1.807) is 19.2 Å². The Morgan fingerprint density at radius 1 is 1.02 bits per heavy atom. The lowest BCUT2D eigenvalue weighted by Gasteiger charge is -2.34. The molecule has 4 heterocycles. The molecule has 1 aromatic heterocycles. The van der Waals surface area contributed by atoms with Crippen molar-refractivity contribution in [2.75, 3.05) is 58.7 Å². The third kappa shape index (κ3) is 7.93. The molecule has 2 saturated heterocycles. The van der Waals surface area contributed by atoms with Gasteiger partial charge in [-0.05, 0) is 81.5 Å². The third-order valence-corrected chi connectivity index (χ3v) is 10.7. The lowest BCUT2D eigenvalue weighted by atomic mass is 9.88. The standard InChI is InChI=1S/C35H46F3N5O2S/c1-45-32-8-4-3-7-28(32)25-12-17-42(18-13-25)23-27(44)24-43-31-11-14-39-22-29(31)34(40-43)26-9-10-30(35(36,37)38)33(21-26)46-20-19-41-15-5-2-6-16-41/h3-4,7-10,21,25,27,39,44H,2,5-6,11-20,22-24H2,1H3/t27-/m0/s1. The number of ether oxygens (including phenoxy) is 1. The Hall–Kier alpha value is -2.57. The van der Waals surface area contributed by atoms with Crippen molar-refractivity contribution in [3.63, 3.8) is 0 Å². The van der Waals surface area contributed by atoms with E-state index in [9.17, 15) is 18.3 Å². The zero-order chi connectivity index (χ0) is 32.1. The van der Waals surface area contributed by atoms with E-state index in [0.717, 1.165) is 88.4 Å². The number of β-amino-alcohol motifs (C(OH)–C–C–N with tert-alkyl or cyclic N) is 1. The number of alkyl halides is 3. The second-order valence-corrected chi connectivity index (χ2v) is 13.9. The number of halogens is 3. The molecule has 250 valence electrons. The van der Waals surface area contributed by atoms with Crippen molar-refractivity contribution < 1.29 is 23.0 Å². The van der Waals surface area contributed by atoms with Crippen LogP contribution in [0.2, 0.25) is 0 Å². The fraction of sp³-hybridized carbons (Fsp3) is 0.571. The molecule has 0 radical (unpaired) electrons. The quantitative estimate of drug-likeness (QED) is 0.244. The van der Waals surface area contributed by atoms with Gasteiger partial charge < -0.3 is 25.0 Å². The second kappa shape index (κ2) is 15.1. The number of likely N-dealkylation sites (tertiary alicyclic amines) is 2. The number of para-hydroxylation sites is 1. The summed E-state index contributed by atoms with van der Waals surface area (Å²) in [6.45, 7) is 6.95. The molecule has 1 atom stereocenters. The van der Waals surface area contributed by atoms with E-state index in [1.807, 2.05) is 16.8 Å². The van der Waals surface area contributed by atoms with Crippen molar-refractivity contribution >= 4 is 11.8 Å². The molecule has 0 unspecified atom stereocenters. The molecule has 0 amide bonds. The number of aromatic nitrogens is 2. The summed E-state index contributed by atoms with van der Waals surface area (Å²) in [5.41, 5.74) is 4.14. The summed E-state index contributed by atoms with van der Waals surface area (Å²) in [4.78, 5) is 4.93. The number of methoxy groups -OCH3 is 1. The number of aliphatic hydroxyl groups is 1. The van der Waals surface area contributed by atoms with E-state index in [0.29, 0.717) is 42.6 Å². The number of hydrogen-bond acceptors (Lipinski definition) is 7. The van der Waals surface area contributed by atoms with Gasteiger partial charge in [0.2, 0.25) is 0 Å². The second-order valence-electron chi connectivity index (χ2n) is 12.8. The molecule has 3 aliphatic rings. The average molecular weight is 658 g/mol. The average Bonchev–Trinajstić information content (AvgIpc) is 3.43. The zero-order valence-corrected chi connectivity index (χ0v) is 27.5. The first-order chi connectivity index (χ1) is 22.3. The van der Waals surface area contributed by atoms with Gasteiger partial charge >= 0.3 is 6.18 Å². The maximum absolute atomic E-state index is 14.0. The lowest BCUT2D eigenvalue weighted by Crippen LogP contribution is -2.40. The summed E-state index contributed by atoms with van der Waals surface area (Å²) in [7, 11) is 1.71. The number of fused-ring (bicyclic) bond motifs is 1. The molecule has 0 bridgehead atoms. The highest BCUT2D eigenvalue weighted by Gasteiger charge is 2.34. The molecule has 2 fully saturated rings. The monoisotopic (exact) mass is 657 g/mol. The number of nitrogens with zero attached hydrogens (tertiary/aromatic N) is 4. The van der Waals surface area contributed by atoms with Crippen LogP contribution in [0.5, 0.6) is 5.75 Å². The van der Waals surface area contributed by atoms with Gasteiger partial charge in [0.1, 0.15) is 5.75 Å². The normalized spacial score (nSPS) is 19.2. The van der Waals surface area contributed by atoms with E-state index in [-0.39, 0.29) is 4.90 Å². The molecule has 2 N–H and O–H groups in total. The highest BCUT2D eigenvalue weighted by Crippen LogP contribution is 2.40. The predicted molar refractivity (Wildman–Crippen MR) is 177 cm³/mol. The molecule has 0 aliphatic carbocycles. The fourth-order valence-electron chi connectivity index (χ4n) is 7.28. The highest BCUT2D eigenvalue weighted by molar-refractivity contribution is 7.99. The van der Waals surface area contributed by atoms with Crippen LogP contribution >= 0.6 is 11.8 Å². The van der Waals surface area contributed by atoms with Gasteiger partial charge in [0.05, 0.1) is 31.0 Å². The van der Waals surface area contributed by atoms with Gasteiger partial charge in [0, 0.05) is 60.1 Å². The molecule has 0 spiro atoms.